The number of carbonyl (C=O) groups excluding carboxylic acids is 1. The molecule has 1 unspecified atom stereocenters. The van der Waals surface area contributed by atoms with Crippen LogP contribution in [0.4, 0.5) is 0 Å². The van der Waals surface area contributed by atoms with Gasteiger partial charge >= 0.3 is 0 Å². The van der Waals surface area contributed by atoms with Crippen molar-refractivity contribution in [1.82, 2.24) is 0 Å². The van der Waals surface area contributed by atoms with E-state index in [0.717, 1.165) is 31.2 Å². The van der Waals surface area contributed by atoms with E-state index in [2.05, 4.69) is 0 Å². The highest BCUT2D eigenvalue weighted by Gasteiger charge is 2.22. The lowest BCUT2D eigenvalue weighted by atomic mass is 10.0. The van der Waals surface area contributed by atoms with Crippen LogP contribution >= 0.6 is 0 Å². The van der Waals surface area contributed by atoms with Gasteiger partial charge < -0.3 is 0 Å². The maximum Gasteiger partial charge on any atom is 0.175 e. The van der Waals surface area contributed by atoms with Crippen molar-refractivity contribution in [1.29, 1.82) is 0 Å². The molecule has 0 amide bonds. The molecule has 0 N–H and O–H groups in total. The quantitative estimate of drug-likeness (QED) is 0.789. The van der Waals surface area contributed by atoms with Gasteiger partial charge in [-0.15, -0.1) is 0 Å². The molecular weight excluding hydrogens is 256 g/mol. The van der Waals surface area contributed by atoms with Crippen molar-refractivity contribution in [3.8, 4) is 0 Å². The van der Waals surface area contributed by atoms with Crippen molar-refractivity contribution in [3.05, 3.63) is 34.9 Å². The highest BCUT2D eigenvalue weighted by Crippen LogP contribution is 2.22. The van der Waals surface area contributed by atoms with Crippen LogP contribution in [0.15, 0.2) is 18.2 Å². The number of aryl methyl sites for hydroxylation is 2. The minimum absolute atomic E-state index is 0.0204. The molecule has 1 aliphatic rings. The Morgan fingerprint density at radius 3 is 2.47 bits per heavy atom. The zero-order valence-electron chi connectivity index (χ0n) is 11.8. The monoisotopic (exact) mass is 278 g/mol. The zero-order chi connectivity index (χ0) is 13.8. The first-order valence-corrected chi connectivity index (χ1v) is 8.44. The largest absolute Gasteiger partial charge is 0.293 e. The molecule has 3 heteroatoms. The Labute approximate surface area is 118 Å². The summed E-state index contributed by atoms with van der Waals surface area (Å²) < 4.78 is 12.2. The molecule has 1 aromatic rings. The van der Waals surface area contributed by atoms with Crippen molar-refractivity contribution >= 4 is 16.6 Å². The highest BCUT2D eigenvalue weighted by atomic mass is 32.2. The molecule has 1 saturated carbocycles. The molecule has 1 aliphatic carbocycles. The molecule has 104 valence electrons. The first-order valence-electron chi connectivity index (χ1n) is 7.05. The van der Waals surface area contributed by atoms with E-state index in [0.29, 0.717) is 5.56 Å². The Morgan fingerprint density at radius 2 is 1.84 bits per heavy atom. The topological polar surface area (TPSA) is 34.1 Å². The van der Waals surface area contributed by atoms with E-state index in [-0.39, 0.29) is 16.8 Å². The summed E-state index contributed by atoms with van der Waals surface area (Å²) >= 11 is 0. The molecule has 0 saturated heterocycles. The number of ketones is 1. The second-order valence-corrected chi connectivity index (χ2v) is 7.22. The van der Waals surface area contributed by atoms with Crippen LogP contribution in [0.25, 0.3) is 0 Å². The molecule has 0 bridgehead atoms. The van der Waals surface area contributed by atoms with Crippen molar-refractivity contribution in [3.63, 3.8) is 0 Å². The third kappa shape index (κ3) is 3.75. The Kier molecular flexibility index (Phi) is 4.92. The normalized spacial score (nSPS) is 18.2. The molecule has 0 heterocycles. The van der Waals surface area contributed by atoms with Gasteiger partial charge in [0.15, 0.2) is 5.78 Å². The van der Waals surface area contributed by atoms with Gasteiger partial charge in [0.2, 0.25) is 0 Å². The number of hydrogen-bond acceptors (Lipinski definition) is 2. The summed E-state index contributed by atoms with van der Waals surface area (Å²) in [5, 5.41) is 0.240. The number of carbonyl (C=O) groups is 1. The Balaban J connectivity index is 1.99. The second-order valence-electron chi connectivity index (χ2n) is 5.51. The van der Waals surface area contributed by atoms with E-state index in [1.54, 1.807) is 0 Å². The average Bonchev–Trinajstić information content (AvgIpc) is 2.42. The summed E-state index contributed by atoms with van der Waals surface area (Å²) in [6.45, 7) is 4.04. The summed E-state index contributed by atoms with van der Waals surface area (Å²) in [5.74, 6) is 0.208. The molecule has 19 heavy (non-hydrogen) atoms. The van der Waals surface area contributed by atoms with Gasteiger partial charge in [0, 0.05) is 21.6 Å². The van der Waals surface area contributed by atoms with E-state index < -0.39 is 10.8 Å². The van der Waals surface area contributed by atoms with Crippen LogP contribution in [-0.2, 0) is 10.8 Å². The van der Waals surface area contributed by atoms with Crippen LogP contribution in [0.5, 0.6) is 0 Å². The number of benzene rings is 1. The molecule has 2 nitrogen and oxygen atoms in total. The number of hydrogen-bond donors (Lipinski definition) is 0. The summed E-state index contributed by atoms with van der Waals surface area (Å²) in [5.41, 5.74) is 3.01. The van der Waals surface area contributed by atoms with Crippen LogP contribution in [0.2, 0.25) is 0 Å². The fourth-order valence-corrected chi connectivity index (χ4v) is 4.09. The summed E-state index contributed by atoms with van der Waals surface area (Å²) in [6.07, 6.45) is 5.61. The molecule has 1 fully saturated rings. The van der Waals surface area contributed by atoms with Crippen LogP contribution in [0.3, 0.4) is 0 Å². The molecule has 0 aromatic heterocycles. The molecule has 0 spiro atoms. The van der Waals surface area contributed by atoms with E-state index in [1.165, 1.54) is 12.0 Å². The van der Waals surface area contributed by atoms with Crippen molar-refractivity contribution in [2.45, 2.75) is 51.2 Å². The van der Waals surface area contributed by atoms with Crippen LogP contribution in [0.1, 0.15) is 53.6 Å². The third-order valence-electron chi connectivity index (χ3n) is 4.03. The molecule has 0 radical (unpaired) electrons. The fraction of sp³-hybridized carbons (Fsp3) is 0.562. The van der Waals surface area contributed by atoms with Gasteiger partial charge in [-0.25, -0.2) is 0 Å². The Hall–Kier alpha value is -0.960. The number of rotatable bonds is 4. The van der Waals surface area contributed by atoms with Gasteiger partial charge in [0.25, 0.3) is 0 Å². The van der Waals surface area contributed by atoms with Gasteiger partial charge in [0.1, 0.15) is 0 Å². The van der Waals surface area contributed by atoms with Gasteiger partial charge in [-0.05, 0) is 43.9 Å². The van der Waals surface area contributed by atoms with Gasteiger partial charge in [0.05, 0.1) is 5.75 Å². The van der Waals surface area contributed by atoms with Crippen molar-refractivity contribution in [2.75, 3.05) is 5.75 Å². The van der Waals surface area contributed by atoms with E-state index in [9.17, 15) is 9.00 Å². The molecule has 2 rings (SSSR count). The third-order valence-corrected chi connectivity index (χ3v) is 5.79. The van der Waals surface area contributed by atoms with Crippen molar-refractivity contribution < 1.29 is 9.00 Å². The van der Waals surface area contributed by atoms with E-state index in [4.69, 9.17) is 0 Å². The van der Waals surface area contributed by atoms with Crippen LogP contribution in [0, 0.1) is 13.8 Å². The Bertz CT molecular complexity index is 488. The molecule has 1 aromatic carbocycles. The summed E-state index contributed by atoms with van der Waals surface area (Å²) in [4.78, 5) is 12.2. The lowest BCUT2D eigenvalue weighted by Gasteiger charge is -2.20. The summed E-state index contributed by atoms with van der Waals surface area (Å²) in [7, 11) is -0.999. The summed E-state index contributed by atoms with van der Waals surface area (Å²) in [6, 6.07) is 5.73. The van der Waals surface area contributed by atoms with Gasteiger partial charge in [-0.2, -0.15) is 0 Å². The lowest BCUT2D eigenvalue weighted by molar-refractivity contribution is 0.102. The SMILES string of the molecule is Cc1ccc(C(=O)CS(=O)C2CCCCC2)cc1C. The fourth-order valence-electron chi connectivity index (χ4n) is 2.57. The average molecular weight is 278 g/mol. The number of Topliss-reactive ketones (excluding diaryl/α,β-unsaturated/α-hetero) is 1. The molecular formula is C16H22O2S. The zero-order valence-corrected chi connectivity index (χ0v) is 12.6. The Morgan fingerprint density at radius 1 is 1.16 bits per heavy atom. The first-order chi connectivity index (χ1) is 9.08. The smallest absolute Gasteiger partial charge is 0.175 e. The van der Waals surface area contributed by atoms with E-state index in [1.807, 2.05) is 32.0 Å². The first kappa shape index (κ1) is 14.4. The minimum atomic E-state index is -0.999. The predicted molar refractivity (Wildman–Crippen MR) is 80.1 cm³/mol. The van der Waals surface area contributed by atoms with Crippen molar-refractivity contribution in [2.24, 2.45) is 0 Å². The maximum absolute atomic E-state index is 12.2. The van der Waals surface area contributed by atoms with Gasteiger partial charge in [-0.1, -0.05) is 31.4 Å². The predicted octanol–water partition coefficient (Wildman–Crippen LogP) is 3.57. The van der Waals surface area contributed by atoms with E-state index >= 15 is 0 Å². The molecule has 0 aliphatic heterocycles. The standard InChI is InChI=1S/C16H22O2S/c1-12-8-9-14(10-13(12)2)16(17)11-19(18)15-6-4-3-5-7-15/h8-10,15H,3-7,11H2,1-2H3. The lowest BCUT2D eigenvalue weighted by Crippen LogP contribution is -2.24. The highest BCUT2D eigenvalue weighted by molar-refractivity contribution is 7.86. The molecule has 1 atom stereocenters. The minimum Gasteiger partial charge on any atom is -0.293 e. The van der Waals surface area contributed by atoms with Crippen LogP contribution < -0.4 is 0 Å². The second kappa shape index (κ2) is 6.47. The maximum atomic E-state index is 12.2. The van der Waals surface area contributed by atoms with Gasteiger partial charge in [-0.3, -0.25) is 9.00 Å². The van der Waals surface area contributed by atoms with Crippen LogP contribution in [-0.4, -0.2) is 21.0 Å².